The monoisotopic (exact) mass is 1040 g/mol. The van der Waals surface area contributed by atoms with E-state index in [0.717, 1.165) is 82.6 Å². The lowest BCUT2D eigenvalue weighted by Gasteiger charge is -2.29. The van der Waals surface area contributed by atoms with Gasteiger partial charge in [0.25, 0.3) is 47.3 Å². The lowest BCUT2D eigenvalue weighted by molar-refractivity contribution is 0.0635. The lowest BCUT2D eigenvalue weighted by atomic mass is 9.79. The first-order chi connectivity index (χ1) is 37.1. The summed E-state index contributed by atoms with van der Waals surface area (Å²) >= 11 is 3.01. The SMILES string of the molecule is [C-]#[N+]c1cc2c3c(ccc4c5c(-c6ccc(-c7ccc(-c8cc9c%10c(ccc%11c%12c(C)cc%13c%14c(ccc(c8c%10%11)c%14%12)C(=O)N(C)C%13=O)C(=O)N(C)C9=O)s7)s6)cc6c7c(ccc(c1c34)c75)C(=O)N(C)C6=O)C(=O)N(C)C2=O. The molecule has 4 aliphatic heterocycles. The van der Waals surface area contributed by atoms with E-state index in [-0.39, 0.29) is 11.3 Å². The smallest absolute Gasteiger partial charge is 0.261 e. The Bertz CT molecular complexity index is 5150. The number of carbonyl (C=O) groups excluding carboxylic acids is 8. The van der Waals surface area contributed by atoms with E-state index in [0.29, 0.717) is 98.4 Å². The topological polar surface area (TPSA) is 154 Å². The molecular formula is C62H31N5O8S2. The molecule has 0 unspecified atom stereocenters. The maximum absolute atomic E-state index is 14.3. The van der Waals surface area contributed by atoms with Crippen LogP contribution in [0.25, 0.3) is 122 Å². The van der Waals surface area contributed by atoms with Gasteiger partial charge in [0.1, 0.15) is 0 Å². The highest BCUT2D eigenvalue weighted by molar-refractivity contribution is 7.25. The van der Waals surface area contributed by atoms with Gasteiger partial charge in [0, 0.05) is 125 Å². The van der Waals surface area contributed by atoms with Crippen molar-refractivity contribution < 1.29 is 38.4 Å². The molecule has 0 N–H and O–H groups in total. The van der Waals surface area contributed by atoms with E-state index in [9.17, 15) is 38.4 Å². The zero-order chi connectivity index (χ0) is 52.8. The van der Waals surface area contributed by atoms with Gasteiger partial charge in [-0.15, -0.1) is 22.7 Å². The largest absolute Gasteiger partial charge is 0.278 e. The van der Waals surface area contributed by atoms with Crippen molar-refractivity contribution in [1.82, 2.24) is 19.6 Å². The highest BCUT2D eigenvalue weighted by Gasteiger charge is 2.39. The van der Waals surface area contributed by atoms with Crippen LogP contribution in [0.1, 0.15) is 88.4 Å². The molecule has 0 spiro atoms. The molecule has 0 saturated carbocycles. The Kier molecular flexibility index (Phi) is 8.01. The van der Waals surface area contributed by atoms with Gasteiger partial charge in [-0.25, -0.2) is 4.85 Å². The van der Waals surface area contributed by atoms with Crippen LogP contribution in [0.3, 0.4) is 0 Å². The standard InChI is InChI=1S/C62H31N5O8S2/c1-23-19-34-46-28(55(68)64(3)59(34)72)12-8-25-44-32(20-35-47-29(56(69)65(4)60(35)73)11-7-24(52(44)47)43(23)51(25)46)39-15-17-41(76-39)42-18-16-40(77-42)33-21-36-48-30(57(70)66(5)61(36)74)14-10-27-50-38(63-2)22-37-49-31(58(71)67(6)62(37)75)13-9-26(54(49)50)45(33)53(27)48/h7-22H,1,3-6H3. The van der Waals surface area contributed by atoms with E-state index >= 15 is 0 Å². The normalized spacial score (nSPS) is 15.4. The number of imide groups is 4. The number of thiophene rings is 2. The Morgan fingerprint density at radius 3 is 1.00 bits per heavy atom. The third-order valence-electron chi connectivity index (χ3n) is 16.8. The van der Waals surface area contributed by atoms with Crippen LogP contribution in [-0.4, -0.2) is 95.0 Å². The van der Waals surface area contributed by atoms with Crippen molar-refractivity contribution in [3.8, 4) is 30.6 Å². The van der Waals surface area contributed by atoms with Gasteiger partial charge in [-0.3, -0.25) is 58.0 Å². The van der Waals surface area contributed by atoms with Crippen LogP contribution in [0.4, 0.5) is 5.69 Å². The number of amides is 8. The summed E-state index contributed by atoms with van der Waals surface area (Å²) in [6, 6.07) is 29.5. The molecule has 8 amide bonds. The van der Waals surface area contributed by atoms with E-state index in [4.69, 9.17) is 6.57 Å². The first-order valence-electron chi connectivity index (χ1n) is 24.5. The minimum absolute atomic E-state index is 0.205. The molecule has 4 aliphatic rings. The highest BCUT2D eigenvalue weighted by atomic mass is 32.1. The van der Waals surface area contributed by atoms with Crippen molar-refractivity contribution in [2.75, 3.05) is 28.2 Å². The number of hydrogen-bond donors (Lipinski definition) is 0. The molecule has 12 aromatic rings. The first kappa shape index (κ1) is 43.6. The number of nitrogens with zero attached hydrogens (tertiary/aromatic N) is 5. The summed E-state index contributed by atoms with van der Waals surface area (Å²) in [5.41, 5.74) is 5.32. The molecule has 77 heavy (non-hydrogen) atoms. The van der Waals surface area contributed by atoms with Crippen LogP contribution < -0.4 is 0 Å². The van der Waals surface area contributed by atoms with Crippen LogP contribution in [0, 0.1) is 13.5 Å². The third kappa shape index (κ3) is 4.98. The summed E-state index contributed by atoms with van der Waals surface area (Å²) in [5.74, 6) is -3.53. The van der Waals surface area contributed by atoms with Gasteiger partial charge in [-0.05, 0) is 150 Å². The van der Waals surface area contributed by atoms with Crippen molar-refractivity contribution in [2.45, 2.75) is 6.92 Å². The molecule has 13 nitrogen and oxygen atoms in total. The van der Waals surface area contributed by atoms with E-state index in [1.165, 1.54) is 50.9 Å². The summed E-state index contributed by atoms with van der Waals surface area (Å²) in [4.78, 5) is 123. The number of benzene rings is 10. The minimum Gasteiger partial charge on any atom is -0.278 e. The van der Waals surface area contributed by atoms with Crippen molar-refractivity contribution in [1.29, 1.82) is 0 Å². The Morgan fingerprint density at radius 2 is 0.610 bits per heavy atom. The average Bonchev–Trinajstić information content (AvgIpc) is 4.31. The van der Waals surface area contributed by atoms with E-state index in [1.807, 2.05) is 67.6 Å². The molecule has 6 heterocycles. The molecule has 0 atom stereocenters. The third-order valence-corrected chi connectivity index (χ3v) is 19.2. The number of carbonyl (C=O) groups is 8. The van der Waals surface area contributed by atoms with Crippen molar-refractivity contribution in [3.05, 3.63) is 159 Å². The quantitative estimate of drug-likeness (QED) is 0.0733. The van der Waals surface area contributed by atoms with Gasteiger partial charge < -0.3 is 0 Å². The van der Waals surface area contributed by atoms with Crippen molar-refractivity contribution >= 4 is 162 Å². The van der Waals surface area contributed by atoms with E-state index in [1.54, 1.807) is 36.4 Å². The van der Waals surface area contributed by atoms with Crippen LogP contribution in [0.5, 0.6) is 0 Å². The van der Waals surface area contributed by atoms with Crippen LogP contribution >= 0.6 is 22.7 Å². The number of fused-ring (bicyclic) bond motifs is 4. The molecular weight excluding hydrogens is 1010 g/mol. The highest BCUT2D eigenvalue weighted by Crippen LogP contribution is 2.55. The fourth-order valence-corrected chi connectivity index (χ4v) is 15.5. The maximum atomic E-state index is 14.3. The van der Waals surface area contributed by atoms with Gasteiger partial charge in [0.05, 0.1) is 6.57 Å². The van der Waals surface area contributed by atoms with Gasteiger partial charge >= 0.3 is 0 Å². The Balaban J connectivity index is 0.952. The first-order valence-corrected chi connectivity index (χ1v) is 26.1. The number of hydrogen-bond acceptors (Lipinski definition) is 10. The molecule has 15 heteroatoms. The molecule has 364 valence electrons. The van der Waals surface area contributed by atoms with Gasteiger partial charge in [0.2, 0.25) is 0 Å². The second-order valence-corrected chi connectivity index (χ2v) is 22.6. The summed E-state index contributed by atoms with van der Waals surface area (Å²) in [5, 5.41) is 10.4. The maximum Gasteiger partial charge on any atom is 0.261 e. The summed E-state index contributed by atoms with van der Waals surface area (Å²) in [6.07, 6.45) is 0. The minimum atomic E-state index is -0.516. The summed E-state index contributed by atoms with van der Waals surface area (Å²) in [7, 11) is 5.86. The predicted molar refractivity (Wildman–Crippen MR) is 298 cm³/mol. The zero-order valence-electron chi connectivity index (χ0n) is 41.1. The van der Waals surface area contributed by atoms with E-state index < -0.39 is 47.3 Å². The molecule has 0 aliphatic carbocycles. The van der Waals surface area contributed by atoms with E-state index in [2.05, 4.69) is 4.85 Å². The zero-order valence-corrected chi connectivity index (χ0v) is 42.7. The van der Waals surface area contributed by atoms with Crippen molar-refractivity contribution in [3.63, 3.8) is 0 Å². The molecule has 0 fully saturated rings. The average molecular weight is 1040 g/mol. The lowest BCUT2D eigenvalue weighted by Crippen LogP contribution is -2.37. The number of rotatable bonds is 3. The molecule has 2 aromatic heterocycles. The molecule has 0 radical (unpaired) electrons. The molecule has 0 bridgehead atoms. The van der Waals surface area contributed by atoms with Gasteiger partial charge in [-0.1, -0.05) is 24.3 Å². The van der Waals surface area contributed by atoms with Crippen molar-refractivity contribution in [2.24, 2.45) is 0 Å². The predicted octanol–water partition coefficient (Wildman–Crippen LogP) is 12.7. The summed E-state index contributed by atoms with van der Waals surface area (Å²) in [6.45, 7) is 10.3. The second-order valence-electron chi connectivity index (χ2n) is 20.4. The van der Waals surface area contributed by atoms with Gasteiger partial charge in [-0.2, -0.15) is 0 Å². The van der Waals surface area contributed by atoms with Gasteiger partial charge in [0.15, 0.2) is 5.69 Å². The fraction of sp³-hybridized carbons (Fsp3) is 0.0806. The summed E-state index contributed by atoms with van der Waals surface area (Å²) < 4.78 is 0. The molecule has 10 aromatic carbocycles. The second kappa shape index (κ2) is 14.1. The Labute approximate surface area is 441 Å². The Hall–Kier alpha value is -9.75. The number of aryl methyl sites for hydroxylation is 1. The van der Waals surface area contributed by atoms with Crippen LogP contribution in [-0.2, 0) is 0 Å². The molecule has 0 saturated heterocycles. The fourth-order valence-electron chi connectivity index (χ4n) is 13.3. The van der Waals surface area contributed by atoms with Crippen LogP contribution in [0.2, 0.25) is 0 Å². The Morgan fingerprint density at radius 1 is 0.312 bits per heavy atom. The molecule has 16 rings (SSSR count). The van der Waals surface area contributed by atoms with Crippen LogP contribution in [0.15, 0.2) is 97.1 Å².